The van der Waals surface area contributed by atoms with Crippen LogP contribution in [0.15, 0.2) is 34.4 Å². The van der Waals surface area contributed by atoms with Crippen molar-refractivity contribution in [2.75, 3.05) is 0 Å². The molecule has 114 valence electrons. The van der Waals surface area contributed by atoms with Gasteiger partial charge in [-0.25, -0.2) is 0 Å². The summed E-state index contributed by atoms with van der Waals surface area (Å²) < 4.78 is 1.92. The molecule has 2 aromatic heterocycles. The number of pyridine rings is 1. The summed E-state index contributed by atoms with van der Waals surface area (Å²) in [5.74, 6) is 0.440. The molecule has 3 nitrogen and oxygen atoms in total. The van der Waals surface area contributed by atoms with Gasteiger partial charge >= 0.3 is 0 Å². The van der Waals surface area contributed by atoms with Gasteiger partial charge < -0.3 is 9.88 Å². The number of hydrogen-bond acceptors (Lipinski definition) is 3. The normalized spacial score (nSPS) is 11.5. The monoisotopic (exact) mass is 304 g/mol. The van der Waals surface area contributed by atoms with Crippen LogP contribution >= 0.6 is 11.3 Å². The van der Waals surface area contributed by atoms with E-state index in [9.17, 15) is 4.79 Å². The molecular weight excluding hydrogens is 280 g/mol. The molecule has 0 spiro atoms. The zero-order valence-corrected chi connectivity index (χ0v) is 14.0. The third kappa shape index (κ3) is 4.05. The van der Waals surface area contributed by atoms with Gasteiger partial charge in [0.1, 0.15) is 0 Å². The Hall–Kier alpha value is -1.39. The van der Waals surface area contributed by atoms with E-state index in [0.29, 0.717) is 18.5 Å². The summed E-state index contributed by atoms with van der Waals surface area (Å²) >= 11 is 1.67. The summed E-state index contributed by atoms with van der Waals surface area (Å²) in [7, 11) is 0. The standard InChI is InChI=1S/C17H24N2OS/c1-12(2)11-19-15(16-6-5-9-21-16)8-7-14(17(19)20)10-18-13(3)4/h5-9,12-13,18H,10-11H2,1-4H3. The first-order valence-corrected chi connectivity index (χ1v) is 8.37. The lowest BCUT2D eigenvalue weighted by atomic mass is 10.1. The lowest BCUT2D eigenvalue weighted by Gasteiger charge is -2.16. The smallest absolute Gasteiger partial charge is 0.255 e. The molecule has 0 radical (unpaired) electrons. The Kier molecular flexibility index (Phi) is 5.37. The minimum atomic E-state index is 0.128. The molecule has 2 heterocycles. The molecule has 4 heteroatoms. The molecule has 0 saturated heterocycles. The maximum Gasteiger partial charge on any atom is 0.255 e. The molecule has 0 aliphatic heterocycles. The molecule has 0 aromatic carbocycles. The first kappa shape index (κ1) is 16.0. The van der Waals surface area contributed by atoms with E-state index in [2.05, 4.69) is 45.1 Å². The van der Waals surface area contributed by atoms with E-state index in [1.165, 1.54) is 0 Å². The van der Waals surface area contributed by atoms with Gasteiger partial charge in [-0.2, -0.15) is 0 Å². The van der Waals surface area contributed by atoms with Crippen LogP contribution in [0.3, 0.4) is 0 Å². The number of hydrogen-bond donors (Lipinski definition) is 1. The van der Waals surface area contributed by atoms with E-state index in [1.54, 1.807) is 11.3 Å². The second kappa shape index (κ2) is 7.05. The van der Waals surface area contributed by atoms with Gasteiger partial charge in [0.2, 0.25) is 0 Å². The number of rotatable bonds is 6. The van der Waals surface area contributed by atoms with Crippen LogP contribution in [-0.2, 0) is 13.1 Å². The molecule has 21 heavy (non-hydrogen) atoms. The molecule has 2 aromatic rings. The SMILES string of the molecule is CC(C)Cn1c(-c2cccs2)ccc(CNC(C)C)c1=O. The molecule has 0 amide bonds. The summed E-state index contributed by atoms with van der Waals surface area (Å²) in [6, 6.07) is 8.51. The number of nitrogens with one attached hydrogen (secondary N) is 1. The quantitative estimate of drug-likeness (QED) is 0.882. The Morgan fingerprint density at radius 3 is 2.52 bits per heavy atom. The average Bonchev–Trinajstić information content (AvgIpc) is 2.93. The van der Waals surface area contributed by atoms with E-state index in [0.717, 1.165) is 22.7 Å². The minimum absolute atomic E-state index is 0.128. The van der Waals surface area contributed by atoms with Gasteiger partial charge in [0.25, 0.3) is 5.56 Å². The van der Waals surface area contributed by atoms with Gasteiger partial charge in [0, 0.05) is 24.7 Å². The first-order valence-electron chi connectivity index (χ1n) is 7.49. The summed E-state index contributed by atoms with van der Waals surface area (Å²) in [5, 5.41) is 5.38. The Balaban J connectivity index is 2.43. The van der Waals surface area contributed by atoms with Crippen LogP contribution in [0, 0.1) is 5.92 Å². The van der Waals surface area contributed by atoms with Gasteiger partial charge in [-0.3, -0.25) is 4.79 Å². The Labute approximate surface area is 130 Å². The molecule has 0 fully saturated rings. The Bertz CT molecular complexity index is 627. The highest BCUT2D eigenvalue weighted by Gasteiger charge is 2.12. The predicted molar refractivity (Wildman–Crippen MR) is 90.8 cm³/mol. The Morgan fingerprint density at radius 1 is 1.19 bits per heavy atom. The summed E-state index contributed by atoms with van der Waals surface area (Å²) in [5.41, 5.74) is 1.99. The average molecular weight is 304 g/mol. The van der Waals surface area contributed by atoms with Crippen molar-refractivity contribution in [3.8, 4) is 10.6 Å². The molecule has 0 aliphatic carbocycles. The maximum atomic E-state index is 12.8. The van der Waals surface area contributed by atoms with Crippen molar-refractivity contribution in [3.63, 3.8) is 0 Å². The fourth-order valence-corrected chi connectivity index (χ4v) is 3.02. The van der Waals surface area contributed by atoms with Crippen molar-refractivity contribution in [2.45, 2.75) is 46.8 Å². The second-order valence-corrected chi connectivity index (χ2v) is 7.01. The fourth-order valence-electron chi connectivity index (χ4n) is 2.26. The Morgan fingerprint density at radius 2 is 1.95 bits per heavy atom. The van der Waals surface area contributed by atoms with E-state index < -0.39 is 0 Å². The van der Waals surface area contributed by atoms with Crippen LogP contribution in [0.25, 0.3) is 10.6 Å². The largest absolute Gasteiger partial charge is 0.310 e. The third-order valence-electron chi connectivity index (χ3n) is 3.28. The van der Waals surface area contributed by atoms with Crippen LogP contribution in [0.2, 0.25) is 0 Å². The van der Waals surface area contributed by atoms with Gasteiger partial charge in [-0.1, -0.05) is 39.8 Å². The van der Waals surface area contributed by atoms with E-state index >= 15 is 0 Å². The minimum Gasteiger partial charge on any atom is -0.310 e. The van der Waals surface area contributed by atoms with Gasteiger partial charge in [0.05, 0.1) is 10.6 Å². The molecular formula is C17H24N2OS. The molecule has 2 rings (SSSR count). The van der Waals surface area contributed by atoms with Crippen LogP contribution in [-0.4, -0.2) is 10.6 Å². The topological polar surface area (TPSA) is 34.0 Å². The van der Waals surface area contributed by atoms with Crippen molar-refractivity contribution in [2.24, 2.45) is 5.92 Å². The molecule has 0 aliphatic rings. The predicted octanol–water partition coefficient (Wildman–Crippen LogP) is 3.73. The van der Waals surface area contributed by atoms with Crippen LogP contribution in [0.5, 0.6) is 0 Å². The summed E-state index contributed by atoms with van der Waals surface area (Å²) in [4.78, 5) is 13.9. The lowest BCUT2D eigenvalue weighted by Crippen LogP contribution is -2.31. The second-order valence-electron chi connectivity index (χ2n) is 6.07. The van der Waals surface area contributed by atoms with Crippen LogP contribution < -0.4 is 10.9 Å². The zero-order chi connectivity index (χ0) is 15.4. The highest BCUT2D eigenvalue weighted by molar-refractivity contribution is 7.13. The highest BCUT2D eigenvalue weighted by atomic mass is 32.1. The van der Waals surface area contributed by atoms with Gasteiger partial charge in [0.15, 0.2) is 0 Å². The number of aromatic nitrogens is 1. The van der Waals surface area contributed by atoms with E-state index in [-0.39, 0.29) is 5.56 Å². The van der Waals surface area contributed by atoms with E-state index in [4.69, 9.17) is 0 Å². The highest BCUT2D eigenvalue weighted by Crippen LogP contribution is 2.24. The molecule has 1 N–H and O–H groups in total. The van der Waals surface area contributed by atoms with E-state index in [1.807, 2.05) is 22.1 Å². The lowest BCUT2D eigenvalue weighted by molar-refractivity contribution is 0.508. The zero-order valence-electron chi connectivity index (χ0n) is 13.2. The van der Waals surface area contributed by atoms with Gasteiger partial charge in [-0.05, 0) is 23.4 Å². The number of thiophene rings is 1. The number of nitrogens with zero attached hydrogens (tertiary/aromatic N) is 1. The molecule has 0 atom stereocenters. The molecule has 0 saturated carbocycles. The third-order valence-corrected chi connectivity index (χ3v) is 4.17. The summed E-state index contributed by atoms with van der Waals surface area (Å²) in [6.45, 7) is 9.84. The first-order chi connectivity index (χ1) is 9.99. The summed E-state index contributed by atoms with van der Waals surface area (Å²) in [6.07, 6.45) is 0. The van der Waals surface area contributed by atoms with Crippen molar-refractivity contribution in [1.29, 1.82) is 0 Å². The molecule has 0 bridgehead atoms. The van der Waals surface area contributed by atoms with Crippen molar-refractivity contribution in [3.05, 3.63) is 45.6 Å². The van der Waals surface area contributed by atoms with Gasteiger partial charge in [-0.15, -0.1) is 11.3 Å². The van der Waals surface area contributed by atoms with Crippen molar-refractivity contribution < 1.29 is 0 Å². The van der Waals surface area contributed by atoms with Crippen molar-refractivity contribution in [1.82, 2.24) is 9.88 Å². The van der Waals surface area contributed by atoms with Crippen molar-refractivity contribution >= 4 is 11.3 Å². The molecule has 0 unspecified atom stereocenters. The fraction of sp³-hybridized carbons (Fsp3) is 0.471. The maximum absolute atomic E-state index is 12.8. The van der Waals surface area contributed by atoms with Crippen LogP contribution in [0.1, 0.15) is 33.3 Å². The van der Waals surface area contributed by atoms with Crippen LogP contribution in [0.4, 0.5) is 0 Å².